The van der Waals surface area contributed by atoms with Gasteiger partial charge in [0.15, 0.2) is 0 Å². The number of hydrogen-bond acceptors (Lipinski definition) is 5. The number of pyridine rings is 1. The van der Waals surface area contributed by atoms with Gasteiger partial charge < -0.3 is 19.8 Å². The van der Waals surface area contributed by atoms with E-state index in [2.05, 4.69) is 4.98 Å². The van der Waals surface area contributed by atoms with Gasteiger partial charge in [-0.2, -0.15) is 0 Å². The van der Waals surface area contributed by atoms with Crippen molar-refractivity contribution >= 4 is 11.9 Å². The van der Waals surface area contributed by atoms with E-state index in [4.69, 9.17) is 0 Å². The molecule has 0 amide bonds. The molecule has 0 aliphatic carbocycles. The van der Waals surface area contributed by atoms with E-state index in [1.807, 2.05) is 0 Å². The van der Waals surface area contributed by atoms with E-state index in [-0.39, 0.29) is 16.5 Å². The van der Waals surface area contributed by atoms with Crippen molar-refractivity contribution in [2.24, 2.45) is 0 Å². The van der Waals surface area contributed by atoms with Crippen LogP contribution in [0.4, 0.5) is 0 Å². The predicted molar refractivity (Wildman–Crippen MR) is 32.9 cm³/mol. The number of rotatable bonds is 2. The second-order valence-electron chi connectivity index (χ2n) is 1.98. The Bertz CT molecular complexity index is 310. The zero-order valence-electron chi connectivity index (χ0n) is 6.13. The average Bonchev–Trinajstić information content (AvgIpc) is 2.04. The average molecular weight is 224 g/mol. The molecule has 0 saturated carbocycles. The molecule has 0 N–H and O–H groups in total. The summed E-state index contributed by atoms with van der Waals surface area (Å²) in [5, 5.41) is 20.4. The Hall–Kier alpha value is -1.42. The van der Waals surface area contributed by atoms with Crippen LogP contribution in [-0.4, -0.2) is 16.9 Å². The van der Waals surface area contributed by atoms with Gasteiger partial charge in [0.1, 0.15) is 0 Å². The van der Waals surface area contributed by atoms with Crippen LogP contribution in [0, 0.1) is 0 Å². The molecular formula is C7H3NNiO4. The van der Waals surface area contributed by atoms with Gasteiger partial charge in [-0.3, -0.25) is 0 Å². The van der Waals surface area contributed by atoms with E-state index in [1.165, 1.54) is 6.07 Å². The van der Waals surface area contributed by atoms with Gasteiger partial charge in [0.05, 0.1) is 23.3 Å². The summed E-state index contributed by atoms with van der Waals surface area (Å²) in [5.41, 5.74) is -0.839. The van der Waals surface area contributed by atoms with Crippen molar-refractivity contribution in [3.8, 4) is 0 Å². The Morgan fingerprint density at radius 2 is 1.46 bits per heavy atom. The second kappa shape index (κ2) is 4.57. The van der Waals surface area contributed by atoms with Gasteiger partial charge in [-0.05, 0) is 12.1 Å². The SMILES string of the molecule is O=C([O-])c1cccc(C(=O)[O-])n1.[Ni+2]. The first kappa shape index (κ1) is 11.6. The monoisotopic (exact) mass is 223 g/mol. The third kappa shape index (κ3) is 2.84. The van der Waals surface area contributed by atoms with Crippen molar-refractivity contribution in [3.63, 3.8) is 0 Å². The normalized spacial score (nSPS) is 8.62. The molecule has 70 valence electrons. The van der Waals surface area contributed by atoms with Crippen molar-refractivity contribution in [3.05, 3.63) is 29.6 Å². The smallest absolute Gasteiger partial charge is 0.543 e. The molecule has 0 aromatic carbocycles. The molecule has 1 rings (SSSR count). The van der Waals surface area contributed by atoms with Gasteiger partial charge >= 0.3 is 16.5 Å². The Morgan fingerprint density at radius 1 is 1.08 bits per heavy atom. The number of aromatic nitrogens is 1. The van der Waals surface area contributed by atoms with Gasteiger partial charge in [0, 0.05) is 0 Å². The first-order valence-corrected chi connectivity index (χ1v) is 3.01. The van der Waals surface area contributed by atoms with Crippen molar-refractivity contribution in [2.45, 2.75) is 0 Å². The van der Waals surface area contributed by atoms with Crippen LogP contribution in [0.25, 0.3) is 0 Å². The molecule has 0 radical (unpaired) electrons. The van der Waals surface area contributed by atoms with Crippen molar-refractivity contribution in [1.82, 2.24) is 4.98 Å². The van der Waals surface area contributed by atoms with Crippen LogP contribution in [-0.2, 0) is 16.5 Å². The minimum absolute atomic E-state index is 0. The molecule has 13 heavy (non-hydrogen) atoms. The minimum Gasteiger partial charge on any atom is -0.543 e. The van der Waals surface area contributed by atoms with Gasteiger partial charge in [-0.15, -0.1) is 0 Å². The fourth-order valence-electron chi connectivity index (χ4n) is 0.662. The van der Waals surface area contributed by atoms with Crippen molar-refractivity contribution in [1.29, 1.82) is 0 Å². The maximum absolute atomic E-state index is 10.2. The molecular weight excluding hydrogens is 221 g/mol. The molecule has 0 bridgehead atoms. The van der Waals surface area contributed by atoms with E-state index < -0.39 is 23.3 Å². The van der Waals surface area contributed by atoms with Crippen LogP contribution < -0.4 is 10.2 Å². The largest absolute Gasteiger partial charge is 2.00 e. The summed E-state index contributed by atoms with van der Waals surface area (Å²) in [6, 6.07) is 3.53. The third-order valence-corrected chi connectivity index (χ3v) is 1.17. The molecule has 6 heteroatoms. The summed E-state index contributed by atoms with van der Waals surface area (Å²) in [7, 11) is 0. The molecule has 1 heterocycles. The van der Waals surface area contributed by atoms with Crippen LogP contribution >= 0.6 is 0 Å². The number of carbonyl (C=O) groups excluding carboxylic acids is 2. The molecule has 1 aromatic rings. The Balaban J connectivity index is 0.00000144. The fourth-order valence-corrected chi connectivity index (χ4v) is 0.662. The summed E-state index contributed by atoms with van der Waals surface area (Å²) in [5.74, 6) is -3.03. The molecule has 0 atom stereocenters. The van der Waals surface area contributed by atoms with E-state index >= 15 is 0 Å². The van der Waals surface area contributed by atoms with Crippen molar-refractivity contribution < 1.29 is 36.3 Å². The molecule has 0 unspecified atom stereocenters. The van der Waals surface area contributed by atoms with Crippen LogP contribution in [0.1, 0.15) is 21.0 Å². The quantitative estimate of drug-likeness (QED) is 0.531. The minimum atomic E-state index is -1.52. The first-order valence-electron chi connectivity index (χ1n) is 3.01. The Kier molecular flexibility index (Phi) is 4.07. The summed E-state index contributed by atoms with van der Waals surface area (Å²) in [6.07, 6.45) is 0. The van der Waals surface area contributed by atoms with Gasteiger partial charge in [-0.25, -0.2) is 4.98 Å². The van der Waals surface area contributed by atoms with E-state index in [0.717, 1.165) is 12.1 Å². The van der Waals surface area contributed by atoms with Crippen LogP contribution in [0.5, 0.6) is 0 Å². The molecule has 5 nitrogen and oxygen atoms in total. The fraction of sp³-hybridized carbons (Fsp3) is 0. The number of carbonyl (C=O) groups is 2. The van der Waals surface area contributed by atoms with Gasteiger partial charge in [0.25, 0.3) is 0 Å². The number of carboxylic acids is 2. The molecule has 1 aromatic heterocycles. The molecule has 0 spiro atoms. The molecule has 0 aliphatic rings. The maximum Gasteiger partial charge on any atom is 2.00 e. The second-order valence-corrected chi connectivity index (χ2v) is 1.98. The molecule has 0 fully saturated rings. The Labute approximate surface area is 83.3 Å². The van der Waals surface area contributed by atoms with Crippen molar-refractivity contribution in [2.75, 3.05) is 0 Å². The van der Waals surface area contributed by atoms with Crippen LogP contribution in [0.2, 0.25) is 0 Å². The summed E-state index contributed by atoms with van der Waals surface area (Å²) < 4.78 is 0. The van der Waals surface area contributed by atoms with Gasteiger partial charge in [-0.1, -0.05) is 6.07 Å². The third-order valence-electron chi connectivity index (χ3n) is 1.17. The summed E-state index contributed by atoms with van der Waals surface area (Å²) in [6.45, 7) is 0. The summed E-state index contributed by atoms with van der Waals surface area (Å²) >= 11 is 0. The zero-order chi connectivity index (χ0) is 9.14. The topological polar surface area (TPSA) is 93.1 Å². The number of carboxylic acid groups (broad SMARTS) is 2. The molecule has 0 aliphatic heterocycles. The van der Waals surface area contributed by atoms with Crippen LogP contribution in [0.15, 0.2) is 18.2 Å². The standard InChI is InChI=1S/C7H5NO4.Ni/c9-6(10)4-2-1-3-5(8-4)7(11)12;/h1-3H,(H,9,10)(H,11,12);/q;+2/p-2. The zero-order valence-corrected chi connectivity index (χ0v) is 7.12. The van der Waals surface area contributed by atoms with E-state index in [1.54, 1.807) is 0 Å². The number of hydrogen-bond donors (Lipinski definition) is 0. The van der Waals surface area contributed by atoms with E-state index in [9.17, 15) is 19.8 Å². The number of aromatic carboxylic acids is 2. The number of nitrogens with zero attached hydrogens (tertiary/aromatic N) is 1. The first-order chi connectivity index (χ1) is 5.61. The van der Waals surface area contributed by atoms with Gasteiger partial charge in [0.2, 0.25) is 0 Å². The van der Waals surface area contributed by atoms with Crippen LogP contribution in [0.3, 0.4) is 0 Å². The predicted octanol–water partition coefficient (Wildman–Crippen LogP) is -2.19. The maximum atomic E-state index is 10.2. The Morgan fingerprint density at radius 3 is 1.77 bits per heavy atom. The summed E-state index contributed by atoms with van der Waals surface area (Å²) in [4.78, 5) is 23.6. The molecule has 0 saturated heterocycles. The van der Waals surface area contributed by atoms with E-state index in [0.29, 0.717) is 0 Å².